The van der Waals surface area contributed by atoms with Crippen LogP contribution in [-0.2, 0) is 4.79 Å². The number of carbonyl (C=O) groups is 1. The molecule has 1 N–H and O–H groups in total. The van der Waals surface area contributed by atoms with Crippen LogP contribution in [0.2, 0.25) is 0 Å². The van der Waals surface area contributed by atoms with Gasteiger partial charge in [-0.2, -0.15) is 5.10 Å². The van der Waals surface area contributed by atoms with E-state index in [1.54, 1.807) is 42.2 Å². The molecule has 0 spiro atoms. The Kier molecular flexibility index (Phi) is 2.62. The number of hydrogen-bond donors (Lipinski definition) is 1. The van der Waals surface area contributed by atoms with E-state index in [1.807, 2.05) is 0 Å². The van der Waals surface area contributed by atoms with E-state index in [4.69, 9.17) is 4.74 Å². The van der Waals surface area contributed by atoms with Gasteiger partial charge in [0, 0.05) is 35.6 Å². The Hall–Kier alpha value is -2.96. The maximum atomic E-state index is 12.3. The fraction of sp³-hybridized carbons (Fsp3) is 0.200. The number of pyridine rings is 1. The van der Waals surface area contributed by atoms with Gasteiger partial charge in [0.05, 0.1) is 18.2 Å². The average Bonchev–Trinajstić information content (AvgIpc) is 2.89. The maximum Gasteiger partial charge on any atom is 0.312 e. The van der Waals surface area contributed by atoms with Crippen LogP contribution in [0.25, 0.3) is 5.65 Å². The highest BCUT2D eigenvalue weighted by Gasteiger charge is 2.33. The average molecular weight is 296 g/mol. The van der Waals surface area contributed by atoms with Crippen molar-refractivity contribution in [3.63, 3.8) is 0 Å². The number of aryl methyl sites for hydroxylation is 1. The van der Waals surface area contributed by atoms with Crippen LogP contribution in [0.4, 0.5) is 0 Å². The topological polar surface area (TPSA) is 89.4 Å². The Bertz CT molecular complexity index is 957. The standard InChI is InChI=1S/C15H12N4O3/c1-8-5-11-13(15(21)18-8)9(6-12(20)22-11)10-7-17-19-4-2-3-16-14(10)19/h2-5,7,9H,6H2,1H3,(H,18,21)/t9-/m0/s1. The molecule has 0 radical (unpaired) electrons. The molecule has 0 saturated heterocycles. The molecule has 1 atom stereocenters. The third-order valence-electron chi connectivity index (χ3n) is 3.79. The van der Waals surface area contributed by atoms with Crippen molar-refractivity contribution < 1.29 is 9.53 Å². The molecule has 110 valence electrons. The van der Waals surface area contributed by atoms with Gasteiger partial charge in [0.15, 0.2) is 5.65 Å². The van der Waals surface area contributed by atoms with Gasteiger partial charge in [-0.3, -0.25) is 9.59 Å². The molecule has 4 rings (SSSR count). The molecule has 4 heterocycles. The first-order valence-corrected chi connectivity index (χ1v) is 6.86. The highest BCUT2D eigenvalue weighted by atomic mass is 16.5. The molecular weight excluding hydrogens is 284 g/mol. The summed E-state index contributed by atoms with van der Waals surface area (Å²) in [5.74, 6) is -0.455. The van der Waals surface area contributed by atoms with Crippen LogP contribution in [0.15, 0.2) is 35.5 Å². The fourth-order valence-corrected chi connectivity index (χ4v) is 2.87. The third-order valence-corrected chi connectivity index (χ3v) is 3.79. The Morgan fingerprint density at radius 1 is 1.41 bits per heavy atom. The number of nitrogens with zero attached hydrogens (tertiary/aromatic N) is 3. The number of nitrogens with one attached hydrogen (secondary N) is 1. The zero-order valence-electron chi connectivity index (χ0n) is 11.7. The Morgan fingerprint density at radius 2 is 2.27 bits per heavy atom. The molecule has 7 nitrogen and oxygen atoms in total. The summed E-state index contributed by atoms with van der Waals surface area (Å²) in [5.41, 5.74) is 2.23. The minimum Gasteiger partial charge on any atom is -0.426 e. The number of aromatic nitrogens is 4. The molecule has 0 saturated carbocycles. The molecule has 0 bridgehead atoms. The molecule has 3 aromatic rings. The molecule has 1 aliphatic heterocycles. The van der Waals surface area contributed by atoms with Gasteiger partial charge >= 0.3 is 5.97 Å². The highest BCUT2D eigenvalue weighted by Crippen LogP contribution is 2.37. The number of esters is 1. The molecule has 0 fully saturated rings. The van der Waals surface area contributed by atoms with Crippen molar-refractivity contribution >= 4 is 11.6 Å². The normalized spacial score (nSPS) is 17.3. The third kappa shape index (κ3) is 1.82. The zero-order chi connectivity index (χ0) is 15.3. The second kappa shape index (κ2) is 4.52. The largest absolute Gasteiger partial charge is 0.426 e. The Balaban J connectivity index is 1.97. The quantitative estimate of drug-likeness (QED) is 0.681. The minimum absolute atomic E-state index is 0.0943. The first-order chi connectivity index (χ1) is 10.6. The molecule has 0 unspecified atom stereocenters. The van der Waals surface area contributed by atoms with Crippen molar-refractivity contribution in [1.82, 2.24) is 19.6 Å². The van der Waals surface area contributed by atoms with Gasteiger partial charge in [0.1, 0.15) is 5.75 Å². The summed E-state index contributed by atoms with van der Waals surface area (Å²) in [7, 11) is 0. The summed E-state index contributed by atoms with van der Waals surface area (Å²) in [6.07, 6.45) is 5.17. The molecule has 1 aliphatic rings. The van der Waals surface area contributed by atoms with Crippen LogP contribution in [0.5, 0.6) is 5.75 Å². The van der Waals surface area contributed by atoms with Crippen LogP contribution < -0.4 is 10.3 Å². The minimum atomic E-state index is -0.409. The fourth-order valence-electron chi connectivity index (χ4n) is 2.87. The van der Waals surface area contributed by atoms with E-state index in [0.717, 1.165) is 5.56 Å². The van der Waals surface area contributed by atoms with Gasteiger partial charge in [-0.05, 0) is 13.0 Å². The van der Waals surface area contributed by atoms with Crippen LogP contribution in [0, 0.1) is 6.92 Å². The lowest BCUT2D eigenvalue weighted by Crippen LogP contribution is -2.28. The predicted octanol–water partition coefficient (Wildman–Crippen LogP) is 1.17. The predicted molar refractivity (Wildman–Crippen MR) is 76.9 cm³/mol. The first-order valence-electron chi connectivity index (χ1n) is 6.86. The van der Waals surface area contributed by atoms with E-state index < -0.39 is 5.92 Å². The number of hydrogen-bond acceptors (Lipinski definition) is 5. The zero-order valence-corrected chi connectivity index (χ0v) is 11.7. The summed E-state index contributed by atoms with van der Waals surface area (Å²) in [5, 5.41) is 4.23. The van der Waals surface area contributed by atoms with E-state index in [9.17, 15) is 9.59 Å². The molecule has 3 aromatic heterocycles. The number of fused-ring (bicyclic) bond motifs is 2. The van der Waals surface area contributed by atoms with Gasteiger partial charge in [0.2, 0.25) is 0 Å². The van der Waals surface area contributed by atoms with Crippen molar-refractivity contribution in [3.8, 4) is 5.75 Å². The van der Waals surface area contributed by atoms with Crippen molar-refractivity contribution in [3.05, 3.63) is 57.9 Å². The van der Waals surface area contributed by atoms with Crippen LogP contribution in [-0.4, -0.2) is 25.6 Å². The van der Waals surface area contributed by atoms with Gasteiger partial charge in [0.25, 0.3) is 5.56 Å². The van der Waals surface area contributed by atoms with Crippen molar-refractivity contribution in [1.29, 1.82) is 0 Å². The maximum absolute atomic E-state index is 12.3. The van der Waals surface area contributed by atoms with Crippen molar-refractivity contribution in [2.45, 2.75) is 19.3 Å². The van der Waals surface area contributed by atoms with E-state index in [-0.39, 0.29) is 17.9 Å². The lowest BCUT2D eigenvalue weighted by molar-refractivity contribution is -0.135. The van der Waals surface area contributed by atoms with Gasteiger partial charge in [-0.25, -0.2) is 9.50 Å². The summed E-state index contributed by atoms with van der Waals surface area (Å²) < 4.78 is 6.85. The number of rotatable bonds is 1. The van der Waals surface area contributed by atoms with E-state index in [1.165, 1.54) is 0 Å². The summed E-state index contributed by atoms with van der Waals surface area (Å²) >= 11 is 0. The van der Waals surface area contributed by atoms with Gasteiger partial charge in [-0.15, -0.1) is 0 Å². The van der Waals surface area contributed by atoms with Crippen LogP contribution >= 0.6 is 0 Å². The number of H-pyrrole nitrogens is 1. The monoisotopic (exact) mass is 296 g/mol. The first kappa shape index (κ1) is 12.8. The second-order valence-corrected chi connectivity index (χ2v) is 5.28. The highest BCUT2D eigenvalue weighted by molar-refractivity contribution is 5.78. The molecule has 0 aliphatic carbocycles. The summed E-state index contributed by atoms with van der Waals surface area (Å²) in [4.78, 5) is 31.3. The number of carbonyl (C=O) groups excluding carboxylic acids is 1. The molecule has 7 heteroatoms. The lowest BCUT2D eigenvalue weighted by Gasteiger charge is -2.23. The SMILES string of the molecule is Cc1cc2c(c(=O)[nH]1)[C@H](c1cnn3cccnc13)CC(=O)O2. The summed E-state index contributed by atoms with van der Waals surface area (Å²) in [6.45, 7) is 1.75. The Morgan fingerprint density at radius 3 is 3.14 bits per heavy atom. The van der Waals surface area contributed by atoms with E-state index in [0.29, 0.717) is 22.7 Å². The van der Waals surface area contributed by atoms with Gasteiger partial charge < -0.3 is 9.72 Å². The number of aromatic amines is 1. The smallest absolute Gasteiger partial charge is 0.312 e. The van der Waals surface area contributed by atoms with E-state index >= 15 is 0 Å². The van der Waals surface area contributed by atoms with Gasteiger partial charge in [-0.1, -0.05) is 0 Å². The van der Waals surface area contributed by atoms with Crippen molar-refractivity contribution in [2.75, 3.05) is 0 Å². The molecule has 0 amide bonds. The Labute approximate surface area is 124 Å². The van der Waals surface area contributed by atoms with Crippen LogP contribution in [0.3, 0.4) is 0 Å². The van der Waals surface area contributed by atoms with E-state index in [2.05, 4.69) is 15.1 Å². The number of ether oxygens (including phenoxy) is 1. The molecule has 0 aromatic carbocycles. The lowest BCUT2D eigenvalue weighted by atomic mass is 9.88. The van der Waals surface area contributed by atoms with Crippen molar-refractivity contribution in [2.24, 2.45) is 0 Å². The second-order valence-electron chi connectivity index (χ2n) is 5.28. The van der Waals surface area contributed by atoms with Crippen LogP contribution in [0.1, 0.15) is 29.2 Å². The molecular formula is C15H12N4O3. The summed E-state index contributed by atoms with van der Waals surface area (Å²) in [6, 6.07) is 3.43. The molecule has 22 heavy (non-hydrogen) atoms.